The topological polar surface area (TPSA) is 32.3 Å². The maximum Gasteiger partial charge on any atom is 0.416 e. The van der Waals surface area contributed by atoms with E-state index in [9.17, 15) is 31.4 Å². The molecule has 0 spiro atoms. The van der Waals surface area contributed by atoms with E-state index in [-0.39, 0.29) is 16.3 Å². The van der Waals surface area contributed by atoms with E-state index in [0.717, 1.165) is 24.3 Å². The van der Waals surface area contributed by atoms with Gasteiger partial charge in [-0.05, 0) is 91.2 Å². The van der Waals surface area contributed by atoms with E-state index in [1.54, 1.807) is 6.07 Å². The average Bonchev–Trinajstić information content (AvgIpc) is 2.63. The number of rotatable bonds is 4. The second-order valence-electron chi connectivity index (χ2n) is 8.64. The number of nitrogens with one attached hydrogen (secondary N) is 1. The van der Waals surface area contributed by atoms with Crippen molar-refractivity contribution in [2.75, 3.05) is 6.54 Å². The van der Waals surface area contributed by atoms with Crippen molar-refractivity contribution in [3.8, 4) is 0 Å². The van der Waals surface area contributed by atoms with Crippen LogP contribution in [0.5, 0.6) is 0 Å². The molecule has 8 heteroatoms. The summed E-state index contributed by atoms with van der Waals surface area (Å²) in [6.07, 6.45) is -9.98. The molecular formula is C23H23F6NO. The third-order valence-electron chi connectivity index (χ3n) is 5.07. The first kappa shape index (κ1) is 23.3. The highest BCUT2D eigenvalue weighted by Gasteiger charge is 2.32. The molecule has 31 heavy (non-hydrogen) atoms. The predicted molar refractivity (Wildman–Crippen MR) is 109 cm³/mol. The summed E-state index contributed by atoms with van der Waals surface area (Å²) >= 11 is 0. The van der Waals surface area contributed by atoms with Crippen LogP contribution >= 0.6 is 0 Å². The van der Waals surface area contributed by atoms with Crippen molar-refractivity contribution < 1.29 is 31.4 Å². The minimum atomic E-state index is -4.65. The van der Waals surface area contributed by atoms with Crippen molar-refractivity contribution in [1.82, 2.24) is 5.32 Å². The van der Waals surface area contributed by atoms with Gasteiger partial charge in [-0.25, -0.2) is 0 Å². The summed E-state index contributed by atoms with van der Waals surface area (Å²) in [6.45, 7) is 6.34. The molecule has 2 N–H and O–H groups in total. The van der Waals surface area contributed by atoms with Crippen LogP contribution in [0.25, 0.3) is 21.5 Å². The van der Waals surface area contributed by atoms with Gasteiger partial charge in [-0.1, -0.05) is 12.1 Å². The second-order valence-corrected chi connectivity index (χ2v) is 8.64. The lowest BCUT2D eigenvalue weighted by Crippen LogP contribution is -2.36. The monoisotopic (exact) mass is 443 g/mol. The van der Waals surface area contributed by atoms with Crippen LogP contribution in [-0.2, 0) is 12.4 Å². The zero-order chi connectivity index (χ0) is 23.2. The summed E-state index contributed by atoms with van der Waals surface area (Å²) in [5.41, 5.74) is -1.70. The number of fused-ring (bicyclic) bond motifs is 3. The summed E-state index contributed by atoms with van der Waals surface area (Å²) in [4.78, 5) is 0. The maximum atomic E-state index is 13.3. The van der Waals surface area contributed by atoms with E-state index in [0.29, 0.717) is 29.3 Å². The van der Waals surface area contributed by atoms with E-state index >= 15 is 0 Å². The summed E-state index contributed by atoms with van der Waals surface area (Å²) in [5, 5.41) is 14.7. The van der Waals surface area contributed by atoms with Gasteiger partial charge in [0, 0.05) is 5.54 Å². The Balaban J connectivity index is 2.19. The molecule has 0 amide bonds. The van der Waals surface area contributed by atoms with Crippen LogP contribution in [0.2, 0.25) is 0 Å². The van der Waals surface area contributed by atoms with Crippen LogP contribution in [0, 0.1) is 0 Å². The van der Waals surface area contributed by atoms with Crippen LogP contribution in [0.15, 0.2) is 42.5 Å². The zero-order valence-electron chi connectivity index (χ0n) is 17.2. The Bertz CT molecular complexity index is 1100. The number of hydrogen-bond acceptors (Lipinski definition) is 2. The third-order valence-corrected chi connectivity index (χ3v) is 5.07. The van der Waals surface area contributed by atoms with Gasteiger partial charge in [-0.3, -0.25) is 0 Å². The molecule has 3 rings (SSSR count). The van der Waals surface area contributed by atoms with Gasteiger partial charge in [0.1, 0.15) is 0 Å². The minimum Gasteiger partial charge on any atom is -0.388 e. The van der Waals surface area contributed by atoms with E-state index in [1.165, 1.54) is 12.1 Å². The quantitative estimate of drug-likeness (QED) is 0.342. The maximum absolute atomic E-state index is 13.3. The number of aliphatic hydroxyl groups excluding tert-OH is 1. The van der Waals surface area contributed by atoms with Crippen molar-refractivity contribution >= 4 is 21.5 Å². The van der Waals surface area contributed by atoms with E-state index in [1.807, 2.05) is 20.8 Å². The fraction of sp³-hybridized carbons (Fsp3) is 0.391. The van der Waals surface area contributed by atoms with Gasteiger partial charge < -0.3 is 10.4 Å². The summed E-state index contributed by atoms with van der Waals surface area (Å²) in [7, 11) is 0. The normalized spacial score (nSPS) is 14.4. The first-order valence-electron chi connectivity index (χ1n) is 9.75. The molecule has 0 saturated carbocycles. The molecule has 3 aromatic rings. The van der Waals surface area contributed by atoms with Crippen LogP contribution < -0.4 is 5.32 Å². The number of hydrogen-bond donors (Lipinski definition) is 2. The molecule has 0 bridgehead atoms. The van der Waals surface area contributed by atoms with Gasteiger partial charge in [0.2, 0.25) is 0 Å². The SMILES string of the molecule is CC(C)(C)NCCC(O)c1cc2ccc(C(F)(F)F)cc2c2cc(C(F)(F)F)ccc12. The molecule has 0 aliphatic rings. The van der Waals surface area contributed by atoms with Crippen molar-refractivity contribution in [2.24, 2.45) is 0 Å². The van der Waals surface area contributed by atoms with Gasteiger partial charge in [-0.15, -0.1) is 0 Å². The lowest BCUT2D eigenvalue weighted by atomic mass is 9.91. The Kier molecular flexibility index (Phi) is 6.01. The van der Waals surface area contributed by atoms with E-state index in [4.69, 9.17) is 0 Å². The fourth-order valence-electron chi connectivity index (χ4n) is 3.55. The lowest BCUT2D eigenvalue weighted by molar-refractivity contribution is -0.138. The second kappa shape index (κ2) is 7.98. The zero-order valence-corrected chi connectivity index (χ0v) is 17.2. The van der Waals surface area contributed by atoms with Crippen molar-refractivity contribution in [3.05, 3.63) is 59.2 Å². The number of benzene rings is 3. The van der Waals surface area contributed by atoms with E-state index < -0.39 is 29.6 Å². The highest BCUT2D eigenvalue weighted by Crippen LogP contribution is 2.39. The molecule has 0 saturated heterocycles. The molecule has 2 nitrogen and oxygen atoms in total. The van der Waals surface area contributed by atoms with Crippen LogP contribution in [0.4, 0.5) is 26.3 Å². The van der Waals surface area contributed by atoms with Crippen LogP contribution in [0.3, 0.4) is 0 Å². The first-order chi connectivity index (χ1) is 14.2. The highest BCUT2D eigenvalue weighted by molar-refractivity contribution is 6.09. The van der Waals surface area contributed by atoms with Gasteiger partial charge >= 0.3 is 12.4 Å². The van der Waals surface area contributed by atoms with Crippen LogP contribution in [0.1, 0.15) is 50.0 Å². The van der Waals surface area contributed by atoms with Crippen molar-refractivity contribution in [3.63, 3.8) is 0 Å². The number of alkyl halides is 6. The van der Waals surface area contributed by atoms with Crippen LogP contribution in [-0.4, -0.2) is 17.2 Å². The summed E-state index contributed by atoms with van der Waals surface area (Å²) < 4.78 is 79.5. The first-order valence-corrected chi connectivity index (χ1v) is 9.75. The van der Waals surface area contributed by atoms with Crippen molar-refractivity contribution in [1.29, 1.82) is 0 Å². The summed E-state index contributed by atoms with van der Waals surface area (Å²) in [6, 6.07) is 7.46. The molecule has 0 aliphatic carbocycles. The average molecular weight is 443 g/mol. The summed E-state index contributed by atoms with van der Waals surface area (Å²) in [5.74, 6) is 0. The third kappa shape index (κ3) is 5.30. The fourth-order valence-corrected chi connectivity index (χ4v) is 3.55. The molecule has 0 aliphatic heterocycles. The Labute approximate surface area is 175 Å². The Hall–Kier alpha value is -2.32. The molecule has 0 radical (unpaired) electrons. The van der Waals surface area contributed by atoms with E-state index in [2.05, 4.69) is 5.32 Å². The largest absolute Gasteiger partial charge is 0.416 e. The van der Waals surface area contributed by atoms with Gasteiger partial charge in [0.25, 0.3) is 0 Å². The smallest absolute Gasteiger partial charge is 0.388 e. The molecule has 1 atom stereocenters. The van der Waals surface area contributed by atoms with Crippen molar-refractivity contribution in [2.45, 2.75) is 51.2 Å². The molecule has 3 aromatic carbocycles. The van der Waals surface area contributed by atoms with Gasteiger partial charge in [-0.2, -0.15) is 26.3 Å². The number of halogens is 6. The molecule has 0 aromatic heterocycles. The number of aliphatic hydroxyl groups is 1. The molecule has 0 heterocycles. The molecule has 1 unspecified atom stereocenters. The Morgan fingerprint density at radius 2 is 1.32 bits per heavy atom. The molecule has 0 fully saturated rings. The molecular weight excluding hydrogens is 420 g/mol. The minimum absolute atomic E-state index is 0.0243. The standard InChI is InChI=1S/C23H23F6NO/c1-21(2,3)30-9-8-20(31)19-10-13-4-5-14(22(24,25)26)11-17(13)18-12-15(23(27,28)29)6-7-16(18)19/h4-7,10-12,20,30-31H,8-9H2,1-3H3. The Morgan fingerprint density at radius 1 is 0.774 bits per heavy atom. The lowest BCUT2D eigenvalue weighted by Gasteiger charge is -2.22. The Morgan fingerprint density at radius 3 is 1.87 bits per heavy atom. The predicted octanol–water partition coefficient (Wildman–Crippen LogP) is 6.84. The van der Waals surface area contributed by atoms with Gasteiger partial charge in [0.15, 0.2) is 0 Å². The van der Waals surface area contributed by atoms with Gasteiger partial charge in [0.05, 0.1) is 17.2 Å². The molecule has 168 valence electrons. The highest BCUT2D eigenvalue weighted by atomic mass is 19.4.